The lowest BCUT2D eigenvalue weighted by atomic mass is 10.3. The van der Waals surface area contributed by atoms with E-state index in [4.69, 9.17) is 14.9 Å². The molecule has 0 aliphatic heterocycles. The van der Waals surface area contributed by atoms with Crippen molar-refractivity contribution in [3.8, 4) is 5.75 Å². The monoisotopic (exact) mass is 260 g/mol. The van der Waals surface area contributed by atoms with Crippen LogP contribution in [0.25, 0.3) is 0 Å². The summed E-state index contributed by atoms with van der Waals surface area (Å²) in [5.41, 5.74) is 6.04. The number of carbonyl (C=O) groups excluding carboxylic acids is 1. The molecule has 1 aromatic carbocycles. The molecule has 5 nitrogen and oxygen atoms in total. The van der Waals surface area contributed by atoms with Crippen LogP contribution in [-0.2, 0) is 0 Å². The molecule has 0 unspecified atom stereocenters. The lowest BCUT2D eigenvalue weighted by Gasteiger charge is -2.10. The third-order valence-corrected chi connectivity index (χ3v) is 2.45. The van der Waals surface area contributed by atoms with E-state index in [2.05, 4.69) is 5.32 Å². The van der Waals surface area contributed by atoms with E-state index in [0.717, 1.165) is 6.42 Å². The number of carbonyl (C=O) groups is 1. The Kier molecular flexibility index (Phi) is 4.07. The van der Waals surface area contributed by atoms with Crippen LogP contribution < -0.4 is 15.8 Å². The molecule has 1 amide bonds. The van der Waals surface area contributed by atoms with Gasteiger partial charge in [-0.2, -0.15) is 0 Å². The summed E-state index contributed by atoms with van der Waals surface area (Å²) in [6, 6.07) is 10.3. The number of nitrogen functional groups attached to an aromatic ring is 1. The Morgan fingerprint density at radius 1 is 1.32 bits per heavy atom. The van der Waals surface area contributed by atoms with Gasteiger partial charge in [0.05, 0.1) is 12.3 Å². The molecule has 1 heterocycles. The normalized spacial score (nSPS) is 10.2. The van der Waals surface area contributed by atoms with E-state index in [0.29, 0.717) is 18.0 Å². The number of ether oxygens (including phenoxy) is 1. The van der Waals surface area contributed by atoms with Gasteiger partial charge in [0, 0.05) is 6.07 Å². The summed E-state index contributed by atoms with van der Waals surface area (Å²) in [6.45, 7) is 2.62. The molecule has 0 saturated carbocycles. The van der Waals surface area contributed by atoms with Gasteiger partial charge in [-0.1, -0.05) is 19.1 Å². The van der Waals surface area contributed by atoms with Crippen molar-refractivity contribution in [2.75, 3.05) is 17.7 Å². The topological polar surface area (TPSA) is 77.5 Å². The van der Waals surface area contributed by atoms with Crippen molar-refractivity contribution in [1.29, 1.82) is 0 Å². The number of amides is 1. The molecule has 3 N–H and O–H groups in total. The summed E-state index contributed by atoms with van der Waals surface area (Å²) in [4.78, 5) is 11.9. The first kappa shape index (κ1) is 13.0. The maximum atomic E-state index is 11.9. The van der Waals surface area contributed by atoms with Crippen LogP contribution >= 0.6 is 0 Å². The maximum Gasteiger partial charge on any atom is 0.291 e. The molecule has 100 valence electrons. The van der Waals surface area contributed by atoms with E-state index >= 15 is 0 Å². The second kappa shape index (κ2) is 5.95. The molecular formula is C14H16N2O3. The van der Waals surface area contributed by atoms with Gasteiger partial charge in [0.25, 0.3) is 5.91 Å². The molecule has 0 saturated heterocycles. The zero-order valence-corrected chi connectivity index (χ0v) is 10.7. The number of para-hydroxylation sites is 2. The second-order valence-corrected chi connectivity index (χ2v) is 4.00. The Bertz CT molecular complexity index is 563. The van der Waals surface area contributed by atoms with E-state index in [9.17, 15) is 4.79 Å². The van der Waals surface area contributed by atoms with Gasteiger partial charge in [-0.15, -0.1) is 0 Å². The van der Waals surface area contributed by atoms with E-state index < -0.39 is 0 Å². The highest BCUT2D eigenvalue weighted by atomic mass is 16.5. The molecule has 2 aromatic rings. The predicted molar refractivity (Wildman–Crippen MR) is 73.3 cm³/mol. The minimum Gasteiger partial charge on any atom is -0.491 e. The van der Waals surface area contributed by atoms with Gasteiger partial charge in [0.2, 0.25) is 0 Å². The van der Waals surface area contributed by atoms with Crippen molar-refractivity contribution < 1.29 is 13.9 Å². The Morgan fingerprint density at radius 2 is 2.11 bits per heavy atom. The summed E-state index contributed by atoms with van der Waals surface area (Å²) < 4.78 is 10.6. The number of hydrogen-bond acceptors (Lipinski definition) is 4. The number of hydrogen-bond donors (Lipinski definition) is 2. The summed E-state index contributed by atoms with van der Waals surface area (Å²) in [6.07, 6.45) is 0.900. The van der Waals surface area contributed by atoms with Crippen LogP contribution in [0.1, 0.15) is 23.9 Å². The van der Waals surface area contributed by atoms with Crippen LogP contribution in [-0.4, -0.2) is 12.5 Å². The first-order valence-electron chi connectivity index (χ1n) is 6.09. The molecular weight excluding hydrogens is 244 g/mol. The van der Waals surface area contributed by atoms with Gasteiger partial charge in [-0.25, -0.2) is 0 Å². The number of nitrogens with two attached hydrogens (primary N) is 1. The fraction of sp³-hybridized carbons (Fsp3) is 0.214. The predicted octanol–water partition coefficient (Wildman–Crippen LogP) is 2.90. The zero-order valence-electron chi connectivity index (χ0n) is 10.7. The molecule has 1 aromatic heterocycles. The summed E-state index contributed by atoms with van der Waals surface area (Å²) in [5, 5.41) is 2.74. The molecule has 5 heteroatoms. The number of furan rings is 1. The number of anilines is 2. The standard InChI is InChI=1S/C14H16N2O3/c1-2-9-18-11-6-4-3-5-10(11)16-14(17)12-7-8-13(15)19-12/h3-8H,2,9,15H2,1H3,(H,16,17). The Balaban J connectivity index is 2.12. The fourth-order valence-corrected chi connectivity index (χ4v) is 1.57. The van der Waals surface area contributed by atoms with Gasteiger partial charge < -0.3 is 20.2 Å². The van der Waals surface area contributed by atoms with E-state index in [1.54, 1.807) is 6.07 Å². The number of rotatable bonds is 5. The van der Waals surface area contributed by atoms with Crippen LogP contribution in [0.3, 0.4) is 0 Å². The van der Waals surface area contributed by atoms with Crippen molar-refractivity contribution in [1.82, 2.24) is 0 Å². The minimum atomic E-state index is -0.357. The maximum absolute atomic E-state index is 11.9. The van der Waals surface area contributed by atoms with E-state index in [-0.39, 0.29) is 17.6 Å². The molecule has 19 heavy (non-hydrogen) atoms. The van der Waals surface area contributed by atoms with Crippen molar-refractivity contribution in [2.45, 2.75) is 13.3 Å². The molecule has 0 spiro atoms. The Hall–Kier alpha value is -2.43. The van der Waals surface area contributed by atoms with Crippen molar-refractivity contribution in [3.63, 3.8) is 0 Å². The fourth-order valence-electron chi connectivity index (χ4n) is 1.57. The smallest absolute Gasteiger partial charge is 0.291 e. The van der Waals surface area contributed by atoms with Crippen LogP contribution in [0.2, 0.25) is 0 Å². The average Bonchev–Trinajstić information content (AvgIpc) is 2.84. The van der Waals surface area contributed by atoms with Crippen molar-refractivity contribution >= 4 is 17.5 Å². The van der Waals surface area contributed by atoms with E-state index in [1.807, 2.05) is 25.1 Å². The molecule has 0 aliphatic rings. The zero-order chi connectivity index (χ0) is 13.7. The molecule has 0 radical (unpaired) electrons. The molecule has 0 aliphatic carbocycles. The van der Waals surface area contributed by atoms with Crippen molar-refractivity contribution in [3.05, 3.63) is 42.2 Å². The van der Waals surface area contributed by atoms with Gasteiger partial charge in [-0.3, -0.25) is 4.79 Å². The largest absolute Gasteiger partial charge is 0.491 e. The Morgan fingerprint density at radius 3 is 2.79 bits per heavy atom. The van der Waals surface area contributed by atoms with Crippen LogP contribution in [0, 0.1) is 0 Å². The second-order valence-electron chi connectivity index (χ2n) is 4.00. The van der Waals surface area contributed by atoms with Crippen LogP contribution in [0.4, 0.5) is 11.6 Å². The van der Waals surface area contributed by atoms with Gasteiger partial charge >= 0.3 is 0 Å². The molecule has 0 bridgehead atoms. The molecule has 2 rings (SSSR count). The van der Waals surface area contributed by atoms with E-state index in [1.165, 1.54) is 12.1 Å². The van der Waals surface area contributed by atoms with Crippen molar-refractivity contribution in [2.24, 2.45) is 0 Å². The highest BCUT2D eigenvalue weighted by Crippen LogP contribution is 2.24. The summed E-state index contributed by atoms with van der Waals surface area (Å²) in [7, 11) is 0. The van der Waals surface area contributed by atoms with Gasteiger partial charge in [0.1, 0.15) is 5.75 Å². The van der Waals surface area contributed by atoms with Crippen LogP contribution in [0.5, 0.6) is 5.75 Å². The quantitative estimate of drug-likeness (QED) is 0.866. The lowest BCUT2D eigenvalue weighted by Crippen LogP contribution is -2.12. The third-order valence-electron chi connectivity index (χ3n) is 2.45. The lowest BCUT2D eigenvalue weighted by molar-refractivity contribution is 0.0997. The highest BCUT2D eigenvalue weighted by Gasteiger charge is 2.12. The number of benzene rings is 1. The average molecular weight is 260 g/mol. The third kappa shape index (κ3) is 3.28. The first-order chi connectivity index (χ1) is 9.20. The minimum absolute atomic E-state index is 0.169. The summed E-state index contributed by atoms with van der Waals surface area (Å²) in [5.74, 6) is 0.657. The Labute approximate surface area is 111 Å². The molecule has 0 atom stereocenters. The van der Waals surface area contributed by atoms with Crippen LogP contribution in [0.15, 0.2) is 40.8 Å². The van der Waals surface area contributed by atoms with Gasteiger partial charge in [-0.05, 0) is 24.6 Å². The SMILES string of the molecule is CCCOc1ccccc1NC(=O)c1ccc(N)o1. The highest BCUT2D eigenvalue weighted by molar-refractivity contribution is 6.03. The summed E-state index contributed by atoms with van der Waals surface area (Å²) >= 11 is 0. The number of nitrogens with one attached hydrogen (secondary N) is 1. The first-order valence-corrected chi connectivity index (χ1v) is 6.09. The van der Waals surface area contributed by atoms with Gasteiger partial charge in [0.15, 0.2) is 11.6 Å². The molecule has 0 fully saturated rings.